The number of amidine groups is 1. The van der Waals surface area contributed by atoms with Crippen molar-refractivity contribution in [1.29, 1.82) is 5.41 Å². The van der Waals surface area contributed by atoms with Gasteiger partial charge >= 0.3 is 5.97 Å². The second-order valence-electron chi connectivity index (χ2n) is 9.83. The van der Waals surface area contributed by atoms with Crippen molar-refractivity contribution in [1.82, 2.24) is 15.1 Å². The summed E-state index contributed by atoms with van der Waals surface area (Å²) in [4.78, 5) is 15.6. The lowest BCUT2D eigenvalue weighted by Gasteiger charge is -2.37. The molecule has 0 aromatic heterocycles. The molecular weight excluding hydrogens is 460 g/mol. The first-order valence-corrected chi connectivity index (χ1v) is 13.4. The molecule has 1 aromatic carbocycles. The van der Waals surface area contributed by atoms with Crippen molar-refractivity contribution in [3.05, 3.63) is 93.9 Å². The second-order valence-corrected chi connectivity index (χ2v) is 9.83. The molecule has 4 rings (SSSR count). The van der Waals surface area contributed by atoms with E-state index < -0.39 is 5.97 Å². The van der Waals surface area contributed by atoms with Crippen LogP contribution in [0.3, 0.4) is 0 Å². The molecule has 0 radical (unpaired) electrons. The van der Waals surface area contributed by atoms with Gasteiger partial charge in [0.15, 0.2) is 0 Å². The summed E-state index contributed by atoms with van der Waals surface area (Å²) in [6.45, 7) is 13.4. The number of carboxylic acid groups (broad SMARTS) is 1. The van der Waals surface area contributed by atoms with Gasteiger partial charge in [-0.2, -0.15) is 0 Å². The zero-order valence-corrected chi connectivity index (χ0v) is 23.1. The molecule has 6 heteroatoms. The van der Waals surface area contributed by atoms with Crippen LogP contribution >= 0.6 is 0 Å². The van der Waals surface area contributed by atoms with Crippen LogP contribution in [-0.2, 0) is 0 Å². The molecule has 0 spiro atoms. The van der Waals surface area contributed by atoms with Crippen LogP contribution in [0.15, 0.2) is 82.8 Å². The summed E-state index contributed by atoms with van der Waals surface area (Å²) < 4.78 is 0. The minimum atomic E-state index is -0.874. The van der Waals surface area contributed by atoms with Gasteiger partial charge in [-0.25, -0.2) is 4.79 Å². The van der Waals surface area contributed by atoms with Crippen LogP contribution in [-0.4, -0.2) is 59.4 Å². The summed E-state index contributed by atoms with van der Waals surface area (Å²) in [6, 6.07) is 7.73. The summed E-state index contributed by atoms with van der Waals surface area (Å²) in [5.74, 6) is 0.144. The predicted molar refractivity (Wildman–Crippen MR) is 153 cm³/mol. The van der Waals surface area contributed by atoms with Crippen molar-refractivity contribution in [2.24, 2.45) is 0 Å². The highest BCUT2D eigenvalue weighted by Gasteiger charge is 2.25. The number of hydrogen-bond donors (Lipinski definition) is 3. The number of nitrogens with one attached hydrogen (secondary N) is 2. The van der Waals surface area contributed by atoms with Gasteiger partial charge in [0.25, 0.3) is 0 Å². The molecule has 0 bridgehead atoms. The molecule has 3 aliphatic rings. The SMILES string of the molecule is CC.CC1=C(/C=C(\C)C(C)N2CCC(c3ccc(C(=O)O)cc3)CC2)/C(=C2\C=CC(=N)N(C)C2)C=CN1. The number of rotatable bonds is 5. The Morgan fingerprint density at radius 1 is 1.14 bits per heavy atom. The van der Waals surface area contributed by atoms with Gasteiger partial charge in [-0.05, 0) is 93.6 Å². The molecule has 1 fully saturated rings. The molecule has 1 atom stereocenters. The molecule has 0 saturated carbocycles. The van der Waals surface area contributed by atoms with Crippen LogP contribution in [0.5, 0.6) is 0 Å². The number of dihydropyridines is 1. The molecule has 1 unspecified atom stereocenters. The van der Waals surface area contributed by atoms with Crippen molar-refractivity contribution in [3.8, 4) is 0 Å². The molecule has 1 saturated heterocycles. The van der Waals surface area contributed by atoms with Crippen LogP contribution < -0.4 is 5.32 Å². The van der Waals surface area contributed by atoms with Crippen molar-refractivity contribution in [2.75, 3.05) is 26.7 Å². The van der Waals surface area contributed by atoms with Crippen molar-refractivity contribution in [3.63, 3.8) is 0 Å². The van der Waals surface area contributed by atoms with E-state index in [0.717, 1.165) is 38.2 Å². The molecule has 3 heterocycles. The first-order chi connectivity index (χ1) is 17.7. The van der Waals surface area contributed by atoms with Gasteiger partial charge in [0, 0.05) is 37.1 Å². The van der Waals surface area contributed by atoms with Crippen LogP contribution in [0.4, 0.5) is 0 Å². The van der Waals surface area contributed by atoms with E-state index in [-0.39, 0.29) is 0 Å². The molecule has 0 aliphatic carbocycles. The number of allylic oxidation sites excluding steroid dienone is 5. The average molecular weight is 503 g/mol. The maximum atomic E-state index is 11.1. The van der Waals surface area contributed by atoms with Crippen LogP contribution in [0.1, 0.15) is 69.3 Å². The zero-order chi connectivity index (χ0) is 27.1. The van der Waals surface area contributed by atoms with Gasteiger partial charge in [0.05, 0.1) is 5.56 Å². The summed E-state index contributed by atoms with van der Waals surface area (Å²) >= 11 is 0. The third-order valence-corrected chi connectivity index (χ3v) is 7.59. The Hall–Kier alpha value is -3.38. The molecule has 6 nitrogen and oxygen atoms in total. The van der Waals surface area contributed by atoms with E-state index in [0.29, 0.717) is 23.4 Å². The average Bonchev–Trinajstić information content (AvgIpc) is 2.92. The fourth-order valence-electron chi connectivity index (χ4n) is 5.11. The Kier molecular flexibility index (Phi) is 9.70. The third kappa shape index (κ3) is 6.69. The van der Waals surface area contributed by atoms with E-state index in [4.69, 9.17) is 10.5 Å². The number of carbonyl (C=O) groups is 1. The number of likely N-dealkylation sites (tertiary alicyclic amines) is 1. The van der Waals surface area contributed by atoms with Crippen LogP contribution in [0.2, 0.25) is 0 Å². The monoisotopic (exact) mass is 502 g/mol. The Balaban J connectivity index is 0.00000186. The van der Waals surface area contributed by atoms with Gasteiger partial charge < -0.3 is 15.3 Å². The number of aromatic carboxylic acids is 1. The number of piperidine rings is 1. The Morgan fingerprint density at radius 2 is 1.78 bits per heavy atom. The molecule has 37 heavy (non-hydrogen) atoms. The smallest absolute Gasteiger partial charge is 0.335 e. The minimum absolute atomic E-state index is 0.334. The number of nitrogens with zero attached hydrogens (tertiary/aromatic N) is 2. The quantitative estimate of drug-likeness (QED) is 0.454. The van der Waals surface area contributed by atoms with Crippen molar-refractivity contribution < 1.29 is 9.90 Å². The number of likely N-dealkylation sites (N-methyl/N-ethyl adjacent to an activating group) is 1. The fraction of sp³-hybridized carbons (Fsp3) is 0.419. The standard InChI is InChI=1S/C29H36N4O2.C2H6/c1-19(17-27-20(2)31-14-11-26(27)25-9-10-28(30)32(4)18-25)21(3)33-15-12-23(13-16-33)22-5-7-24(8-6-22)29(34)35;1-2/h5-11,14,17,21,23,30-31H,12-13,15-16,18H2,1-4H3,(H,34,35);1-2H3/b19-17+,26-25+,30-28?;. The van der Waals surface area contributed by atoms with E-state index in [1.807, 2.05) is 50.2 Å². The number of hydrogen-bond acceptors (Lipinski definition) is 4. The topological polar surface area (TPSA) is 79.7 Å². The first-order valence-electron chi connectivity index (χ1n) is 13.4. The Morgan fingerprint density at radius 3 is 2.38 bits per heavy atom. The Labute approximate surface area is 222 Å². The van der Waals surface area contributed by atoms with Gasteiger partial charge in [-0.15, -0.1) is 0 Å². The minimum Gasteiger partial charge on any atom is -0.478 e. The number of benzene rings is 1. The van der Waals surface area contributed by atoms with Crippen LogP contribution in [0, 0.1) is 5.41 Å². The number of carboxylic acids is 1. The van der Waals surface area contributed by atoms with Crippen molar-refractivity contribution >= 4 is 11.8 Å². The lowest BCUT2D eigenvalue weighted by Crippen LogP contribution is -2.40. The van der Waals surface area contributed by atoms with Gasteiger partial charge in [-0.1, -0.05) is 43.7 Å². The lowest BCUT2D eigenvalue weighted by atomic mass is 9.87. The van der Waals surface area contributed by atoms with E-state index in [1.165, 1.54) is 27.9 Å². The highest BCUT2D eigenvalue weighted by Crippen LogP contribution is 2.32. The maximum Gasteiger partial charge on any atom is 0.335 e. The molecule has 3 aliphatic heterocycles. The van der Waals surface area contributed by atoms with E-state index in [1.54, 1.807) is 12.1 Å². The fourth-order valence-corrected chi connectivity index (χ4v) is 5.11. The first kappa shape index (κ1) is 28.2. The summed E-state index contributed by atoms with van der Waals surface area (Å²) in [5.41, 5.74) is 7.72. The van der Waals surface area contributed by atoms with Crippen molar-refractivity contribution in [2.45, 2.75) is 59.4 Å². The summed E-state index contributed by atoms with van der Waals surface area (Å²) in [6.07, 6.45) is 12.6. The largest absolute Gasteiger partial charge is 0.478 e. The molecular formula is C31H42N4O2. The summed E-state index contributed by atoms with van der Waals surface area (Å²) in [7, 11) is 1.96. The molecule has 3 N–H and O–H groups in total. The second kappa shape index (κ2) is 12.7. The highest BCUT2D eigenvalue weighted by molar-refractivity contribution is 5.92. The van der Waals surface area contributed by atoms with E-state index in [2.05, 4.69) is 49.2 Å². The molecule has 0 amide bonds. The normalized spacial score (nSPS) is 21.9. The van der Waals surface area contributed by atoms with Gasteiger partial charge in [0.1, 0.15) is 5.84 Å². The Bertz CT molecular complexity index is 1150. The maximum absolute atomic E-state index is 11.1. The van der Waals surface area contributed by atoms with Gasteiger partial charge in [0.2, 0.25) is 0 Å². The van der Waals surface area contributed by atoms with E-state index >= 15 is 0 Å². The predicted octanol–water partition coefficient (Wildman–Crippen LogP) is 6.09. The molecule has 1 aromatic rings. The third-order valence-electron chi connectivity index (χ3n) is 7.59. The van der Waals surface area contributed by atoms with E-state index in [9.17, 15) is 4.79 Å². The summed E-state index contributed by atoms with van der Waals surface area (Å²) in [5, 5.41) is 20.5. The van der Waals surface area contributed by atoms with Gasteiger partial charge in [-0.3, -0.25) is 10.3 Å². The zero-order valence-electron chi connectivity index (χ0n) is 23.1. The van der Waals surface area contributed by atoms with Crippen LogP contribution in [0.25, 0.3) is 0 Å². The highest BCUT2D eigenvalue weighted by atomic mass is 16.4. The molecule has 198 valence electrons. The lowest BCUT2D eigenvalue weighted by molar-refractivity contribution is 0.0697.